The Morgan fingerprint density at radius 1 is 1.10 bits per heavy atom. The molecular weight excluding hydrogens is 519 g/mol. The van der Waals surface area contributed by atoms with Gasteiger partial charge in [-0.15, -0.1) is 0 Å². The van der Waals surface area contributed by atoms with E-state index < -0.39 is 21.1 Å². The third kappa shape index (κ3) is 6.53. The highest BCUT2D eigenvalue weighted by atomic mass is 32.2. The molecule has 1 fully saturated rings. The van der Waals surface area contributed by atoms with Gasteiger partial charge in [0.25, 0.3) is 0 Å². The number of piperazine rings is 1. The van der Waals surface area contributed by atoms with Crippen molar-refractivity contribution >= 4 is 33.4 Å². The number of rotatable bonds is 8. The monoisotopic (exact) mass is 550 g/mol. The molecule has 204 valence electrons. The van der Waals surface area contributed by atoms with Crippen LogP contribution in [0.15, 0.2) is 48.7 Å². The molecule has 3 aromatic rings. The number of nitrogens with zero attached hydrogens (tertiary/aromatic N) is 5. The van der Waals surface area contributed by atoms with E-state index in [2.05, 4.69) is 15.3 Å². The van der Waals surface area contributed by atoms with Gasteiger partial charge in [0.15, 0.2) is 0 Å². The number of aryl methyl sites for hydroxylation is 2. The number of sulfonamides is 1. The first-order chi connectivity index (χ1) is 18.6. The van der Waals surface area contributed by atoms with Gasteiger partial charge in [-0.05, 0) is 80.8 Å². The molecule has 0 amide bonds. The van der Waals surface area contributed by atoms with Crippen molar-refractivity contribution in [1.82, 2.24) is 14.3 Å². The Hall–Kier alpha value is -4.01. The lowest BCUT2D eigenvalue weighted by Crippen LogP contribution is -2.50. The number of aromatic nitrogens is 2. The van der Waals surface area contributed by atoms with E-state index in [1.54, 1.807) is 44.3 Å². The van der Waals surface area contributed by atoms with Crippen molar-refractivity contribution in [2.24, 2.45) is 0 Å². The largest absolute Gasteiger partial charge is 0.438 e. The SMILES string of the molecule is Cc1cc(/C=C/C#N)cc(C)c1Oc1ccnc(Nc2ccc(N3CCN(S(=O)(=O)C(C)C)CC3)c(F)c2)n1. The van der Waals surface area contributed by atoms with Crippen LogP contribution in [-0.4, -0.2) is 54.1 Å². The standard InChI is InChI=1S/C28H31FN6O3S/c1-19(2)39(36,37)35-14-12-34(13-15-35)25-8-7-23(18-24(25)29)32-28-31-11-9-26(33-28)38-27-20(3)16-22(6-5-10-30)17-21(27)4/h5-9,11,16-19H,12-15H2,1-4H3,(H,31,32,33)/b6-5+. The average molecular weight is 551 g/mol. The van der Waals surface area contributed by atoms with Crippen LogP contribution in [0.25, 0.3) is 6.08 Å². The lowest BCUT2D eigenvalue weighted by molar-refractivity contribution is 0.379. The zero-order valence-electron chi connectivity index (χ0n) is 22.3. The average Bonchev–Trinajstić information content (AvgIpc) is 2.90. The Kier molecular flexibility index (Phi) is 8.47. The van der Waals surface area contributed by atoms with Gasteiger partial charge < -0.3 is 15.0 Å². The molecule has 1 aromatic heterocycles. The second-order valence-electron chi connectivity index (χ2n) is 9.54. The van der Waals surface area contributed by atoms with E-state index >= 15 is 4.39 Å². The fourth-order valence-corrected chi connectivity index (χ4v) is 5.66. The van der Waals surface area contributed by atoms with Gasteiger partial charge in [-0.3, -0.25) is 0 Å². The van der Waals surface area contributed by atoms with Gasteiger partial charge in [0, 0.05) is 50.2 Å². The summed E-state index contributed by atoms with van der Waals surface area (Å²) >= 11 is 0. The van der Waals surface area contributed by atoms with Gasteiger partial charge in [-0.25, -0.2) is 17.8 Å². The first-order valence-corrected chi connectivity index (χ1v) is 14.1. The number of hydrogen-bond acceptors (Lipinski definition) is 8. The summed E-state index contributed by atoms with van der Waals surface area (Å²) in [5.74, 6) is 0.802. The molecule has 0 saturated carbocycles. The molecule has 2 aromatic carbocycles. The van der Waals surface area contributed by atoms with E-state index in [1.165, 1.54) is 16.4 Å². The maximum Gasteiger partial charge on any atom is 0.230 e. The summed E-state index contributed by atoms with van der Waals surface area (Å²) < 4.78 is 47.4. The molecule has 1 saturated heterocycles. The van der Waals surface area contributed by atoms with Crippen LogP contribution >= 0.6 is 0 Å². The van der Waals surface area contributed by atoms with Crippen LogP contribution in [0.5, 0.6) is 11.6 Å². The van der Waals surface area contributed by atoms with Crippen LogP contribution in [0.4, 0.5) is 21.7 Å². The lowest BCUT2D eigenvalue weighted by atomic mass is 10.1. The zero-order chi connectivity index (χ0) is 28.2. The fraction of sp³-hybridized carbons (Fsp3) is 0.321. The molecule has 9 nitrogen and oxygen atoms in total. The Balaban J connectivity index is 1.43. The van der Waals surface area contributed by atoms with Crippen LogP contribution in [0.2, 0.25) is 0 Å². The third-order valence-electron chi connectivity index (χ3n) is 6.41. The number of halogens is 1. The molecule has 1 aliphatic heterocycles. The number of anilines is 3. The maximum atomic E-state index is 15.1. The van der Waals surface area contributed by atoms with Crippen molar-refractivity contribution in [3.8, 4) is 17.7 Å². The molecule has 39 heavy (non-hydrogen) atoms. The second-order valence-corrected chi connectivity index (χ2v) is 12.0. The first-order valence-electron chi connectivity index (χ1n) is 12.6. The molecular formula is C28H31FN6O3S. The third-order valence-corrected chi connectivity index (χ3v) is 8.68. The summed E-state index contributed by atoms with van der Waals surface area (Å²) in [6.45, 7) is 8.61. The van der Waals surface area contributed by atoms with Crippen LogP contribution in [0, 0.1) is 31.0 Å². The highest BCUT2D eigenvalue weighted by molar-refractivity contribution is 7.89. The molecule has 4 rings (SSSR count). The van der Waals surface area contributed by atoms with Gasteiger partial charge in [0.1, 0.15) is 11.6 Å². The van der Waals surface area contributed by atoms with Crippen molar-refractivity contribution in [2.45, 2.75) is 32.9 Å². The number of hydrogen-bond donors (Lipinski definition) is 1. The van der Waals surface area contributed by atoms with E-state index in [0.717, 1.165) is 16.7 Å². The van der Waals surface area contributed by atoms with Crippen LogP contribution in [-0.2, 0) is 10.0 Å². The molecule has 2 heterocycles. The lowest BCUT2D eigenvalue weighted by Gasteiger charge is -2.36. The molecule has 11 heteroatoms. The van der Waals surface area contributed by atoms with E-state index in [0.29, 0.717) is 49.2 Å². The number of benzene rings is 2. The molecule has 0 spiro atoms. The van der Waals surface area contributed by atoms with Crippen molar-refractivity contribution in [1.29, 1.82) is 5.26 Å². The molecule has 0 atom stereocenters. The van der Waals surface area contributed by atoms with Gasteiger partial charge in [0.05, 0.1) is 17.0 Å². The predicted molar refractivity (Wildman–Crippen MR) is 150 cm³/mol. The summed E-state index contributed by atoms with van der Waals surface area (Å²) in [6, 6.07) is 12.2. The number of nitrogens with one attached hydrogen (secondary N) is 1. The smallest absolute Gasteiger partial charge is 0.230 e. The predicted octanol–water partition coefficient (Wildman–Crippen LogP) is 5.17. The molecule has 0 aliphatic carbocycles. The molecule has 1 N–H and O–H groups in total. The molecule has 0 unspecified atom stereocenters. The quantitative estimate of drug-likeness (QED) is 0.383. The van der Waals surface area contributed by atoms with Gasteiger partial charge >= 0.3 is 0 Å². The topological polar surface area (TPSA) is 111 Å². The van der Waals surface area contributed by atoms with Crippen molar-refractivity contribution in [3.05, 3.63) is 71.2 Å². The Labute approximate surface area is 228 Å². The Morgan fingerprint density at radius 2 is 1.79 bits per heavy atom. The summed E-state index contributed by atoms with van der Waals surface area (Å²) in [5, 5.41) is 11.3. The van der Waals surface area contributed by atoms with Gasteiger partial charge in [-0.1, -0.05) is 0 Å². The van der Waals surface area contributed by atoms with E-state index in [1.807, 2.05) is 36.9 Å². The number of allylic oxidation sites excluding steroid dienone is 1. The normalized spacial score (nSPS) is 14.5. The fourth-order valence-electron chi connectivity index (χ4n) is 4.39. The highest BCUT2D eigenvalue weighted by Crippen LogP contribution is 2.30. The number of nitriles is 1. The second kappa shape index (κ2) is 11.8. The summed E-state index contributed by atoms with van der Waals surface area (Å²) in [5.41, 5.74) is 3.56. The van der Waals surface area contributed by atoms with E-state index in [9.17, 15) is 8.42 Å². The summed E-state index contributed by atoms with van der Waals surface area (Å²) in [7, 11) is -3.33. The minimum absolute atomic E-state index is 0.246. The summed E-state index contributed by atoms with van der Waals surface area (Å²) in [6.07, 6.45) is 4.71. The van der Waals surface area contributed by atoms with E-state index in [4.69, 9.17) is 10.00 Å². The van der Waals surface area contributed by atoms with Crippen molar-refractivity contribution in [2.75, 3.05) is 36.4 Å². The van der Waals surface area contributed by atoms with Crippen LogP contribution in [0.1, 0.15) is 30.5 Å². The van der Waals surface area contributed by atoms with Gasteiger partial charge in [0.2, 0.25) is 21.9 Å². The number of ether oxygens (including phenoxy) is 1. The minimum Gasteiger partial charge on any atom is -0.438 e. The Morgan fingerprint density at radius 3 is 2.41 bits per heavy atom. The Bertz CT molecular complexity index is 1500. The minimum atomic E-state index is -3.33. The van der Waals surface area contributed by atoms with Crippen LogP contribution in [0.3, 0.4) is 0 Å². The van der Waals surface area contributed by atoms with Crippen LogP contribution < -0.4 is 15.0 Å². The summed E-state index contributed by atoms with van der Waals surface area (Å²) in [4.78, 5) is 10.5. The molecule has 0 radical (unpaired) electrons. The van der Waals surface area contributed by atoms with Gasteiger partial charge in [-0.2, -0.15) is 14.6 Å². The highest BCUT2D eigenvalue weighted by Gasteiger charge is 2.30. The first kappa shape index (κ1) is 28.0. The molecule has 0 bridgehead atoms. The van der Waals surface area contributed by atoms with Crippen molar-refractivity contribution in [3.63, 3.8) is 0 Å². The van der Waals surface area contributed by atoms with E-state index in [-0.39, 0.29) is 5.95 Å². The van der Waals surface area contributed by atoms with Crippen molar-refractivity contribution < 1.29 is 17.5 Å². The molecule has 1 aliphatic rings. The maximum absolute atomic E-state index is 15.1. The zero-order valence-corrected chi connectivity index (χ0v) is 23.2.